The van der Waals surface area contributed by atoms with E-state index in [0.29, 0.717) is 11.7 Å². The SMILES string of the molecule is Cc1ccc(NC(=O)[C@@H](C)OC(=O)/C=C/c2cc(C)n(C3CC3)c2C)cc1. The Hall–Kier alpha value is -2.82. The van der Waals surface area contributed by atoms with Gasteiger partial charge in [-0.1, -0.05) is 17.7 Å². The highest BCUT2D eigenvalue weighted by Crippen LogP contribution is 2.38. The van der Waals surface area contributed by atoms with E-state index in [4.69, 9.17) is 4.74 Å². The van der Waals surface area contributed by atoms with Gasteiger partial charge < -0.3 is 14.6 Å². The number of carbonyl (C=O) groups excluding carboxylic acids is 2. The predicted octanol–water partition coefficient (Wildman–Crippen LogP) is 4.33. The minimum absolute atomic E-state index is 0.354. The first-order valence-electron chi connectivity index (χ1n) is 9.30. The number of hydrogen-bond acceptors (Lipinski definition) is 3. The lowest BCUT2D eigenvalue weighted by atomic mass is 10.2. The van der Waals surface area contributed by atoms with E-state index >= 15 is 0 Å². The molecule has 0 aliphatic heterocycles. The zero-order valence-electron chi connectivity index (χ0n) is 16.3. The number of anilines is 1. The van der Waals surface area contributed by atoms with Crippen molar-refractivity contribution in [3.8, 4) is 0 Å². The van der Waals surface area contributed by atoms with E-state index in [0.717, 1.165) is 16.8 Å². The van der Waals surface area contributed by atoms with Crippen LogP contribution in [0.2, 0.25) is 0 Å². The molecule has 0 saturated heterocycles. The molecule has 1 aliphatic carbocycles. The Morgan fingerprint density at radius 3 is 2.48 bits per heavy atom. The molecule has 0 bridgehead atoms. The summed E-state index contributed by atoms with van der Waals surface area (Å²) in [4.78, 5) is 24.3. The number of carbonyl (C=O) groups is 2. The van der Waals surface area contributed by atoms with Gasteiger partial charge in [0.2, 0.25) is 0 Å². The molecular formula is C22H26N2O3. The normalized spacial score (nSPS) is 15.0. The average Bonchev–Trinajstić information content (AvgIpc) is 3.41. The van der Waals surface area contributed by atoms with Gasteiger partial charge in [0.15, 0.2) is 6.10 Å². The van der Waals surface area contributed by atoms with E-state index in [2.05, 4.69) is 29.8 Å². The van der Waals surface area contributed by atoms with Crippen molar-refractivity contribution in [1.82, 2.24) is 4.57 Å². The van der Waals surface area contributed by atoms with E-state index in [1.807, 2.05) is 31.2 Å². The number of nitrogens with one attached hydrogen (secondary N) is 1. The molecule has 1 N–H and O–H groups in total. The van der Waals surface area contributed by atoms with Crippen LogP contribution in [-0.4, -0.2) is 22.5 Å². The van der Waals surface area contributed by atoms with Crippen molar-refractivity contribution >= 4 is 23.6 Å². The lowest BCUT2D eigenvalue weighted by molar-refractivity contribution is -0.148. The topological polar surface area (TPSA) is 60.3 Å². The molecule has 1 heterocycles. The summed E-state index contributed by atoms with van der Waals surface area (Å²) in [5.41, 5.74) is 5.15. The monoisotopic (exact) mass is 366 g/mol. The summed E-state index contributed by atoms with van der Waals surface area (Å²) in [5.74, 6) is -0.884. The molecule has 1 aliphatic rings. The quantitative estimate of drug-likeness (QED) is 0.611. The summed E-state index contributed by atoms with van der Waals surface area (Å²) < 4.78 is 7.54. The first kappa shape index (κ1) is 19.0. The lowest BCUT2D eigenvalue weighted by Gasteiger charge is -2.12. The van der Waals surface area contributed by atoms with Gasteiger partial charge in [0.25, 0.3) is 5.91 Å². The van der Waals surface area contributed by atoms with Crippen LogP contribution in [0.15, 0.2) is 36.4 Å². The van der Waals surface area contributed by atoms with E-state index in [9.17, 15) is 9.59 Å². The number of aryl methyl sites for hydroxylation is 2. The fourth-order valence-electron chi connectivity index (χ4n) is 3.17. The van der Waals surface area contributed by atoms with Gasteiger partial charge in [-0.15, -0.1) is 0 Å². The summed E-state index contributed by atoms with van der Waals surface area (Å²) >= 11 is 0. The van der Waals surface area contributed by atoms with E-state index in [1.54, 1.807) is 13.0 Å². The van der Waals surface area contributed by atoms with Crippen molar-refractivity contribution < 1.29 is 14.3 Å². The first-order valence-corrected chi connectivity index (χ1v) is 9.30. The molecule has 1 saturated carbocycles. The molecule has 1 fully saturated rings. The highest BCUT2D eigenvalue weighted by Gasteiger charge is 2.26. The number of hydrogen-bond donors (Lipinski definition) is 1. The molecule has 5 heteroatoms. The van der Waals surface area contributed by atoms with Gasteiger partial charge in [0, 0.05) is 29.2 Å². The summed E-state index contributed by atoms with van der Waals surface area (Å²) in [7, 11) is 0. The molecule has 3 rings (SSSR count). The van der Waals surface area contributed by atoms with Gasteiger partial charge in [-0.25, -0.2) is 4.79 Å². The van der Waals surface area contributed by atoms with Crippen molar-refractivity contribution in [3.63, 3.8) is 0 Å². The van der Waals surface area contributed by atoms with Crippen LogP contribution in [0.5, 0.6) is 0 Å². The van der Waals surface area contributed by atoms with Gasteiger partial charge in [-0.3, -0.25) is 4.79 Å². The number of rotatable bonds is 6. The number of benzene rings is 1. The minimum Gasteiger partial charge on any atom is -0.449 e. The number of ether oxygens (including phenoxy) is 1. The van der Waals surface area contributed by atoms with Gasteiger partial charge in [0.05, 0.1) is 0 Å². The number of esters is 1. The van der Waals surface area contributed by atoms with Crippen LogP contribution in [0, 0.1) is 20.8 Å². The number of amides is 1. The number of nitrogens with zero attached hydrogens (tertiary/aromatic N) is 1. The fourth-order valence-corrected chi connectivity index (χ4v) is 3.17. The highest BCUT2D eigenvalue weighted by molar-refractivity contribution is 5.96. The van der Waals surface area contributed by atoms with Crippen molar-refractivity contribution in [1.29, 1.82) is 0 Å². The van der Waals surface area contributed by atoms with E-state index in [-0.39, 0.29) is 5.91 Å². The molecule has 5 nitrogen and oxygen atoms in total. The summed E-state index contributed by atoms with van der Waals surface area (Å²) in [6, 6.07) is 10.1. The molecular weight excluding hydrogens is 340 g/mol. The third-order valence-corrected chi connectivity index (χ3v) is 4.82. The van der Waals surface area contributed by atoms with Crippen LogP contribution in [0.3, 0.4) is 0 Å². The molecule has 27 heavy (non-hydrogen) atoms. The van der Waals surface area contributed by atoms with Crippen LogP contribution in [0.4, 0.5) is 5.69 Å². The lowest BCUT2D eigenvalue weighted by Crippen LogP contribution is -2.29. The molecule has 1 aromatic heterocycles. The van der Waals surface area contributed by atoms with Crippen LogP contribution in [0.25, 0.3) is 6.08 Å². The Bertz CT molecular complexity index is 874. The van der Waals surface area contributed by atoms with Crippen molar-refractivity contribution in [2.45, 2.75) is 52.7 Å². The maximum absolute atomic E-state index is 12.2. The fraction of sp³-hybridized carbons (Fsp3) is 0.364. The first-order chi connectivity index (χ1) is 12.8. The summed E-state index contributed by atoms with van der Waals surface area (Å²) in [5, 5.41) is 2.74. The standard InChI is InChI=1S/C22H26N2O3/c1-14-5-8-19(9-6-14)23-22(26)17(4)27-21(25)12-7-18-13-15(2)24(16(18)3)20-10-11-20/h5-9,12-13,17,20H,10-11H2,1-4H3,(H,23,26)/b12-7+/t17-/m1/s1. The predicted molar refractivity (Wildman–Crippen MR) is 107 cm³/mol. The summed E-state index contributed by atoms with van der Waals surface area (Å²) in [6.45, 7) is 7.69. The Labute approximate surface area is 160 Å². The Morgan fingerprint density at radius 2 is 1.85 bits per heavy atom. The average molecular weight is 366 g/mol. The van der Waals surface area contributed by atoms with Crippen molar-refractivity contribution in [2.75, 3.05) is 5.32 Å². The zero-order chi connectivity index (χ0) is 19.6. The molecule has 2 aromatic rings. The minimum atomic E-state index is -0.873. The second-order valence-corrected chi connectivity index (χ2v) is 7.20. The Balaban J connectivity index is 1.56. The maximum atomic E-state index is 12.2. The van der Waals surface area contributed by atoms with Gasteiger partial charge in [-0.2, -0.15) is 0 Å². The van der Waals surface area contributed by atoms with E-state index < -0.39 is 12.1 Å². The second kappa shape index (κ2) is 7.82. The second-order valence-electron chi connectivity index (χ2n) is 7.20. The van der Waals surface area contributed by atoms with Gasteiger partial charge in [0.1, 0.15) is 0 Å². The Kier molecular flexibility index (Phi) is 5.49. The van der Waals surface area contributed by atoms with Crippen LogP contribution in [0.1, 0.15) is 48.3 Å². The molecule has 142 valence electrons. The third-order valence-electron chi connectivity index (χ3n) is 4.82. The van der Waals surface area contributed by atoms with Crippen molar-refractivity contribution in [3.05, 3.63) is 58.9 Å². The van der Waals surface area contributed by atoms with Crippen LogP contribution in [-0.2, 0) is 14.3 Å². The molecule has 1 atom stereocenters. The molecule has 1 amide bonds. The van der Waals surface area contributed by atoms with Crippen molar-refractivity contribution in [2.24, 2.45) is 0 Å². The highest BCUT2D eigenvalue weighted by atomic mass is 16.5. The van der Waals surface area contributed by atoms with E-state index in [1.165, 1.54) is 24.6 Å². The van der Waals surface area contributed by atoms with Crippen LogP contribution < -0.4 is 5.32 Å². The maximum Gasteiger partial charge on any atom is 0.331 e. The molecule has 0 unspecified atom stereocenters. The smallest absolute Gasteiger partial charge is 0.331 e. The van der Waals surface area contributed by atoms with Crippen LogP contribution >= 0.6 is 0 Å². The zero-order valence-corrected chi connectivity index (χ0v) is 16.3. The summed E-state index contributed by atoms with van der Waals surface area (Å²) in [6.07, 6.45) is 4.70. The van der Waals surface area contributed by atoms with Gasteiger partial charge in [-0.05, 0) is 70.4 Å². The molecule has 0 radical (unpaired) electrons. The Morgan fingerprint density at radius 1 is 1.19 bits per heavy atom. The molecule has 1 aromatic carbocycles. The van der Waals surface area contributed by atoms with Gasteiger partial charge >= 0.3 is 5.97 Å². The number of aromatic nitrogens is 1. The molecule has 0 spiro atoms. The largest absolute Gasteiger partial charge is 0.449 e. The third kappa shape index (κ3) is 4.67.